The highest BCUT2D eigenvalue weighted by Crippen LogP contribution is 2.26. The highest BCUT2D eigenvalue weighted by Gasteiger charge is 2.16. The number of carbonyl (C=O) groups excluding carboxylic acids is 1. The molecular weight excluding hydrogens is 396 g/mol. The molecule has 0 unspecified atom stereocenters. The minimum absolute atomic E-state index is 0.0196. The van der Waals surface area contributed by atoms with Gasteiger partial charge in [-0.25, -0.2) is 18.5 Å². The fourth-order valence-electron chi connectivity index (χ4n) is 2.95. The number of thioether (sulfide) groups is 1. The van der Waals surface area contributed by atoms with E-state index in [4.69, 9.17) is 5.14 Å². The van der Waals surface area contributed by atoms with Crippen LogP contribution in [0.3, 0.4) is 0 Å². The van der Waals surface area contributed by atoms with Crippen LogP contribution >= 0.6 is 11.8 Å². The smallest absolute Gasteiger partial charge is 0.238 e. The summed E-state index contributed by atoms with van der Waals surface area (Å²) in [7, 11) is -3.79. The van der Waals surface area contributed by atoms with Crippen molar-refractivity contribution in [2.45, 2.75) is 36.9 Å². The van der Waals surface area contributed by atoms with Crippen LogP contribution in [-0.4, -0.2) is 29.6 Å². The Kier molecular flexibility index (Phi) is 6.07. The summed E-state index contributed by atoms with van der Waals surface area (Å²) in [6.07, 6.45) is 0.835. The lowest BCUT2D eigenvalue weighted by Gasteiger charge is -2.10. The van der Waals surface area contributed by atoms with E-state index < -0.39 is 10.0 Å². The van der Waals surface area contributed by atoms with E-state index in [1.165, 1.54) is 23.9 Å². The van der Waals surface area contributed by atoms with E-state index in [9.17, 15) is 13.2 Å². The van der Waals surface area contributed by atoms with Gasteiger partial charge in [0.2, 0.25) is 15.9 Å². The predicted molar refractivity (Wildman–Crippen MR) is 112 cm³/mol. The SMILES string of the molecule is CCc1ccccc1NC(=O)CSc1nc2cc(S(N)(=O)=O)ccc2n1CC. The average Bonchev–Trinajstić information content (AvgIpc) is 3.02. The number of nitrogens with zero attached hydrogens (tertiary/aromatic N) is 2. The molecule has 0 fully saturated rings. The molecule has 0 saturated carbocycles. The van der Waals surface area contributed by atoms with Gasteiger partial charge < -0.3 is 9.88 Å². The fraction of sp³-hybridized carbons (Fsp3) is 0.263. The number of fused-ring (bicyclic) bond motifs is 1. The molecule has 1 amide bonds. The van der Waals surface area contributed by atoms with Crippen LogP contribution < -0.4 is 10.5 Å². The van der Waals surface area contributed by atoms with Crippen molar-refractivity contribution in [2.24, 2.45) is 5.14 Å². The van der Waals surface area contributed by atoms with Gasteiger partial charge in [-0.1, -0.05) is 36.9 Å². The highest BCUT2D eigenvalue weighted by atomic mass is 32.2. The first-order valence-electron chi connectivity index (χ1n) is 8.87. The lowest BCUT2D eigenvalue weighted by Crippen LogP contribution is -2.15. The van der Waals surface area contributed by atoms with Crippen molar-refractivity contribution in [2.75, 3.05) is 11.1 Å². The average molecular weight is 419 g/mol. The monoisotopic (exact) mass is 418 g/mol. The second kappa shape index (κ2) is 8.34. The number of anilines is 1. The number of nitrogens with one attached hydrogen (secondary N) is 1. The summed E-state index contributed by atoms with van der Waals surface area (Å²) in [5.74, 6) is 0.0782. The number of aromatic nitrogens is 2. The summed E-state index contributed by atoms with van der Waals surface area (Å²) >= 11 is 1.31. The molecule has 28 heavy (non-hydrogen) atoms. The number of sulfonamides is 1. The van der Waals surface area contributed by atoms with Crippen LogP contribution in [-0.2, 0) is 27.8 Å². The van der Waals surface area contributed by atoms with Gasteiger partial charge in [0.05, 0.1) is 21.7 Å². The van der Waals surface area contributed by atoms with E-state index in [1.54, 1.807) is 6.07 Å². The summed E-state index contributed by atoms with van der Waals surface area (Å²) in [6, 6.07) is 12.3. The van der Waals surface area contributed by atoms with Gasteiger partial charge in [0.25, 0.3) is 0 Å². The first-order chi connectivity index (χ1) is 13.3. The first-order valence-corrected chi connectivity index (χ1v) is 11.4. The van der Waals surface area contributed by atoms with E-state index >= 15 is 0 Å². The van der Waals surface area contributed by atoms with Crippen molar-refractivity contribution >= 4 is 44.4 Å². The molecule has 3 rings (SSSR count). The summed E-state index contributed by atoms with van der Waals surface area (Å²) in [5, 5.41) is 8.79. The van der Waals surface area contributed by atoms with Gasteiger partial charge in [0.1, 0.15) is 0 Å². The van der Waals surface area contributed by atoms with Gasteiger partial charge in [0, 0.05) is 12.2 Å². The predicted octanol–water partition coefficient (Wildman–Crippen LogP) is 3.00. The van der Waals surface area contributed by atoms with E-state index in [0.29, 0.717) is 17.2 Å². The maximum atomic E-state index is 12.4. The molecular formula is C19H22N4O3S2. The zero-order valence-corrected chi connectivity index (χ0v) is 17.3. The van der Waals surface area contributed by atoms with Crippen LogP contribution in [0.4, 0.5) is 5.69 Å². The zero-order valence-electron chi connectivity index (χ0n) is 15.7. The van der Waals surface area contributed by atoms with Gasteiger partial charge in [-0.3, -0.25) is 4.79 Å². The summed E-state index contributed by atoms with van der Waals surface area (Å²) in [4.78, 5) is 16.9. The number of rotatable bonds is 7. The van der Waals surface area contributed by atoms with Crippen molar-refractivity contribution in [1.29, 1.82) is 0 Å². The first kappa shape index (κ1) is 20.4. The molecule has 7 nitrogen and oxygen atoms in total. The fourth-order valence-corrected chi connectivity index (χ4v) is 4.36. The number of primary sulfonamides is 1. The number of benzene rings is 2. The van der Waals surface area contributed by atoms with Crippen LogP contribution in [0.5, 0.6) is 0 Å². The Morgan fingerprint density at radius 1 is 1.21 bits per heavy atom. The van der Waals surface area contributed by atoms with Gasteiger partial charge in [-0.2, -0.15) is 0 Å². The highest BCUT2D eigenvalue weighted by molar-refractivity contribution is 7.99. The summed E-state index contributed by atoms with van der Waals surface area (Å²) in [6.45, 7) is 4.66. The summed E-state index contributed by atoms with van der Waals surface area (Å²) in [5.41, 5.74) is 3.23. The zero-order chi connectivity index (χ0) is 20.3. The third-order valence-corrected chi connectivity index (χ3v) is 6.22. The van der Waals surface area contributed by atoms with Crippen molar-refractivity contribution in [3.8, 4) is 0 Å². The molecule has 9 heteroatoms. The van der Waals surface area contributed by atoms with Crippen molar-refractivity contribution in [3.63, 3.8) is 0 Å². The van der Waals surface area contributed by atoms with E-state index in [0.717, 1.165) is 23.2 Å². The standard InChI is InChI=1S/C19H22N4O3S2/c1-3-13-7-5-6-8-15(13)21-18(24)12-27-19-22-16-11-14(28(20,25)26)9-10-17(16)23(19)4-2/h5-11H,3-4,12H2,1-2H3,(H,21,24)(H2,20,25,26). The number of amides is 1. The minimum Gasteiger partial charge on any atom is -0.325 e. The number of nitrogens with two attached hydrogens (primary N) is 1. The number of para-hydroxylation sites is 1. The topological polar surface area (TPSA) is 107 Å². The second-order valence-corrected chi connectivity index (χ2v) is 8.69. The molecule has 0 bridgehead atoms. The molecule has 0 spiro atoms. The maximum absolute atomic E-state index is 12.4. The molecule has 148 valence electrons. The third-order valence-electron chi connectivity index (χ3n) is 4.33. The quantitative estimate of drug-likeness (QED) is 0.574. The van der Waals surface area contributed by atoms with Crippen molar-refractivity contribution < 1.29 is 13.2 Å². The Morgan fingerprint density at radius 2 is 1.96 bits per heavy atom. The molecule has 0 saturated heterocycles. The second-order valence-electron chi connectivity index (χ2n) is 6.18. The Morgan fingerprint density at radius 3 is 2.64 bits per heavy atom. The largest absolute Gasteiger partial charge is 0.325 e. The van der Waals surface area contributed by atoms with Crippen molar-refractivity contribution in [1.82, 2.24) is 9.55 Å². The van der Waals surface area contributed by atoms with E-state index in [-0.39, 0.29) is 16.6 Å². The van der Waals surface area contributed by atoms with Gasteiger partial charge in [0.15, 0.2) is 5.16 Å². The lowest BCUT2D eigenvalue weighted by molar-refractivity contribution is -0.113. The Balaban J connectivity index is 1.79. The minimum atomic E-state index is -3.79. The maximum Gasteiger partial charge on any atom is 0.238 e. The number of carbonyl (C=O) groups is 1. The number of hydrogen-bond acceptors (Lipinski definition) is 5. The van der Waals surface area contributed by atoms with Crippen molar-refractivity contribution in [3.05, 3.63) is 48.0 Å². The van der Waals surface area contributed by atoms with E-state index in [1.807, 2.05) is 42.7 Å². The Labute approximate surface area is 168 Å². The van der Waals surface area contributed by atoms with Gasteiger partial charge in [-0.05, 0) is 43.2 Å². The molecule has 3 N–H and O–H groups in total. The Hall–Kier alpha value is -2.36. The van der Waals surface area contributed by atoms with Crippen LogP contribution in [0, 0.1) is 0 Å². The third kappa shape index (κ3) is 4.37. The normalized spacial score (nSPS) is 11.7. The molecule has 1 heterocycles. The number of imidazole rings is 1. The number of hydrogen-bond donors (Lipinski definition) is 2. The van der Waals surface area contributed by atoms with Gasteiger partial charge in [-0.15, -0.1) is 0 Å². The van der Waals surface area contributed by atoms with Crippen LogP contribution in [0.15, 0.2) is 52.5 Å². The molecule has 0 atom stereocenters. The van der Waals surface area contributed by atoms with E-state index in [2.05, 4.69) is 10.3 Å². The van der Waals surface area contributed by atoms with Crippen LogP contribution in [0.2, 0.25) is 0 Å². The molecule has 2 aromatic carbocycles. The van der Waals surface area contributed by atoms with Gasteiger partial charge >= 0.3 is 0 Å². The molecule has 0 aliphatic rings. The lowest BCUT2D eigenvalue weighted by atomic mass is 10.1. The Bertz CT molecular complexity index is 1120. The molecule has 0 radical (unpaired) electrons. The molecule has 3 aromatic rings. The van der Waals surface area contributed by atoms with Crippen LogP contribution in [0.1, 0.15) is 19.4 Å². The number of aryl methyl sites for hydroxylation is 2. The molecule has 0 aliphatic heterocycles. The van der Waals surface area contributed by atoms with Crippen LogP contribution in [0.25, 0.3) is 11.0 Å². The summed E-state index contributed by atoms with van der Waals surface area (Å²) < 4.78 is 25.1. The molecule has 1 aromatic heterocycles. The molecule has 0 aliphatic carbocycles.